The highest BCUT2D eigenvalue weighted by Gasteiger charge is 2.24. The topological polar surface area (TPSA) is 47.7 Å². The summed E-state index contributed by atoms with van der Waals surface area (Å²) in [6, 6.07) is 4.24. The van der Waals surface area contributed by atoms with Gasteiger partial charge in [0.1, 0.15) is 0 Å². The average Bonchev–Trinajstić information content (AvgIpc) is 2.63. The highest BCUT2D eigenvalue weighted by Crippen LogP contribution is 2.40. The molecule has 0 aliphatic carbocycles. The summed E-state index contributed by atoms with van der Waals surface area (Å²) < 4.78 is 10.6. The molecule has 4 nitrogen and oxygen atoms in total. The van der Waals surface area contributed by atoms with Crippen LogP contribution in [0.1, 0.15) is 5.56 Å². The van der Waals surface area contributed by atoms with E-state index in [0.717, 1.165) is 30.9 Å². The van der Waals surface area contributed by atoms with E-state index in [2.05, 4.69) is 4.90 Å². The van der Waals surface area contributed by atoms with E-state index >= 15 is 0 Å². The van der Waals surface area contributed by atoms with Crippen molar-refractivity contribution in [3.05, 3.63) is 22.7 Å². The van der Waals surface area contributed by atoms with Crippen LogP contribution in [0.15, 0.2) is 12.1 Å². The van der Waals surface area contributed by atoms with Crippen LogP contribution in [0.4, 0.5) is 0 Å². The number of ether oxygens (including phenoxy) is 2. The molecule has 0 bridgehead atoms. The normalized spacial score (nSPS) is 19.9. The second-order valence-corrected chi connectivity index (χ2v) is 4.67. The maximum absolute atomic E-state index is 6.10. The van der Waals surface area contributed by atoms with Crippen molar-refractivity contribution < 1.29 is 9.47 Å². The minimum absolute atomic E-state index is 0.257. The first-order valence-electron chi connectivity index (χ1n) is 5.28. The molecule has 2 aliphatic rings. The number of halogens is 1. The van der Waals surface area contributed by atoms with Crippen LogP contribution in [0.3, 0.4) is 0 Å². The molecule has 2 heterocycles. The number of benzene rings is 1. The summed E-state index contributed by atoms with van der Waals surface area (Å²) in [5.41, 5.74) is 6.87. The highest BCUT2D eigenvalue weighted by molar-refractivity contribution is 6.32. The smallest absolute Gasteiger partial charge is 0.231 e. The first-order valence-corrected chi connectivity index (χ1v) is 5.66. The van der Waals surface area contributed by atoms with Crippen LogP contribution in [0.25, 0.3) is 0 Å². The minimum Gasteiger partial charge on any atom is -0.454 e. The third kappa shape index (κ3) is 1.73. The van der Waals surface area contributed by atoms with E-state index in [-0.39, 0.29) is 6.79 Å². The number of likely N-dealkylation sites (tertiary alicyclic amines) is 1. The number of rotatable bonds is 2. The van der Waals surface area contributed by atoms with Gasteiger partial charge < -0.3 is 15.2 Å². The lowest BCUT2D eigenvalue weighted by Crippen LogP contribution is -2.54. The van der Waals surface area contributed by atoms with Gasteiger partial charge >= 0.3 is 0 Å². The van der Waals surface area contributed by atoms with Crippen LogP contribution in [0, 0.1) is 0 Å². The molecule has 0 saturated carbocycles. The Morgan fingerprint density at radius 1 is 1.38 bits per heavy atom. The molecule has 3 rings (SSSR count). The van der Waals surface area contributed by atoms with E-state index in [1.165, 1.54) is 0 Å². The molecule has 2 aliphatic heterocycles. The quantitative estimate of drug-likeness (QED) is 0.844. The number of nitrogens with two attached hydrogens (primary N) is 1. The van der Waals surface area contributed by atoms with Crippen LogP contribution in [-0.2, 0) is 6.54 Å². The Morgan fingerprint density at radius 2 is 2.19 bits per heavy atom. The van der Waals surface area contributed by atoms with Gasteiger partial charge in [0.2, 0.25) is 6.79 Å². The van der Waals surface area contributed by atoms with Crippen LogP contribution >= 0.6 is 11.6 Å². The van der Waals surface area contributed by atoms with E-state index in [4.69, 9.17) is 26.8 Å². The number of fused-ring (bicyclic) bond motifs is 1. The summed E-state index contributed by atoms with van der Waals surface area (Å²) in [4.78, 5) is 2.28. The monoisotopic (exact) mass is 240 g/mol. The predicted molar refractivity (Wildman–Crippen MR) is 60.8 cm³/mol. The Balaban J connectivity index is 1.78. The number of hydrogen-bond acceptors (Lipinski definition) is 4. The third-order valence-electron chi connectivity index (χ3n) is 2.88. The van der Waals surface area contributed by atoms with Crippen molar-refractivity contribution in [1.29, 1.82) is 0 Å². The van der Waals surface area contributed by atoms with Gasteiger partial charge in [-0.15, -0.1) is 0 Å². The zero-order chi connectivity index (χ0) is 11.1. The van der Waals surface area contributed by atoms with E-state index < -0.39 is 0 Å². The molecule has 0 atom stereocenters. The maximum Gasteiger partial charge on any atom is 0.231 e. The largest absolute Gasteiger partial charge is 0.454 e. The fraction of sp³-hybridized carbons (Fsp3) is 0.455. The molecule has 1 fully saturated rings. The fourth-order valence-electron chi connectivity index (χ4n) is 2.11. The first-order chi connectivity index (χ1) is 7.72. The third-order valence-corrected chi connectivity index (χ3v) is 3.16. The molecular formula is C11H13ClN2O2. The Hall–Kier alpha value is -0.970. The van der Waals surface area contributed by atoms with E-state index in [1.807, 2.05) is 12.1 Å². The second-order valence-electron chi connectivity index (χ2n) is 4.27. The van der Waals surface area contributed by atoms with Gasteiger partial charge in [0, 0.05) is 25.7 Å². The predicted octanol–water partition coefficient (Wildman–Crippen LogP) is 1.21. The molecule has 1 aromatic rings. The van der Waals surface area contributed by atoms with Gasteiger partial charge in [-0.1, -0.05) is 11.6 Å². The molecule has 0 amide bonds. The van der Waals surface area contributed by atoms with E-state index in [1.54, 1.807) is 0 Å². The van der Waals surface area contributed by atoms with Crippen molar-refractivity contribution in [1.82, 2.24) is 4.90 Å². The maximum atomic E-state index is 6.10. The van der Waals surface area contributed by atoms with E-state index in [0.29, 0.717) is 16.8 Å². The lowest BCUT2D eigenvalue weighted by molar-refractivity contribution is 0.142. The lowest BCUT2D eigenvalue weighted by atomic mass is 10.1. The zero-order valence-electron chi connectivity index (χ0n) is 8.78. The van der Waals surface area contributed by atoms with Gasteiger partial charge in [0.15, 0.2) is 11.5 Å². The molecule has 86 valence electrons. The Bertz CT molecular complexity index is 419. The number of hydrogen-bond donors (Lipinski definition) is 1. The van der Waals surface area contributed by atoms with Crippen molar-refractivity contribution in [3.63, 3.8) is 0 Å². The van der Waals surface area contributed by atoms with Crippen LogP contribution in [-0.4, -0.2) is 30.8 Å². The van der Waals surface area contributed by atoms with Gasteiger partial charge in [-0.3, -0.25) is 4.90 Å². The van der Waals surface area contributed by atoms with E-state index in [9.17, 15) is 0 Å². The minimum atomic E-state index is 0.257. The standard InChI is InChI=1S/C11H13ClN2O2/c12-9-1-7(3-14-4-8(13)5-14)2-10-11(9)16-6-15-10/h1-2,8H,3-6,13H2. The molecule has 5 heteroatoms. The van der Waals surface area contributed by atoms with Crippen LogP contribution in [0.2, 0.25) is 5.02 Å². The molecule has 1 saturated heterocycles. The fourth-order valence-corrected chi connectivity index (χ4v) is 2.40. The zero-order valence-corrected chi connectivity index (χ0v) is 9.54. The average molecular weight is 241 g/mol. The SMILES string of the molecule is NC1CN(Cc2cc(Cl)c3c(c2)OCO3)C1. The summed E-state index contributed by atoms with van der Waals surface area (Å²) in [5.74, 6) is 1.40. The molecule has 2 N–H and O–H groups in total. The molecule has 16 heavy (non-hydrogen) atoms. The molecule has 0 spiro atoms. The summed E-state index contributed by atoms with van der Waals surface area (Å²) >= 11 is 6.10. The van der Waals surface area contributed by atoms with Crippen molar-refractivity contribution >= 4 is 11.6 Å². The lowest BCUT2D eigenvalue weighted by Gasteiger charge is -2.36. The summed E-state index contributed by atoms with van der Waals surface area (Å²) in [7, 11) is 0. The molecule has 1 aromatic carbocycles. The molecular weight excluding hydrogens is 228 g/mol. The Morgan fingerprint density at radius 3 is 2.94 bits per heavy atom. The van der Waals surface area contributed by atoms with Crippen LogP contribution < -0.4 is 15.2 Å². The molecule has 0 radical (unpaired) electrons. The van der Waals surface area contributed by atoms with Gasteiger partial charge in [0.25, 0.3) is 0 Å². The summed E-state index contributed by atoms with van der Waals surface area (Å²) in [6.45, 7) is 3.02. The van der Waals surface area contributed by atoms with Gasteiger partial charge in [0.05, 0.1) is 5.02 Å². The molecule has 0 aromatic heterocycles. The Kier molecular flexibility index (Phi) is 2.42. The van der Waals surface area contributed by atoms with Crippen molar-refractivity contribution in [2.45, 2.75) is 12.6 Å². The van der Waals surface area contributed by atoms with Crippen molar-refractivity contribution in [2.24, 2.45) is 5.73 Å². The number of nitrogens with zero attached hydrogens (tertiary/aromatic N) is 1. The van der Waals surface area contributed by atoms with Gasteiger partial charge in [-0.05, 0) is 17.7 Å². The summed E-state index contributed by atoms with van der Waals surface area (Å²) in [6.07, 6.45) is 0. The first kappa shape index (κ1) is 10.2. The Labute approximate surface area is 98.9 Å². The second kappa shape index (κ2) is 3.80. The van der Waals surface area contributed by atoms with Crippen molar-refractivity contribution in [2.75, 3.05) is 19.9 Å². The molecule has 0 unspecified atom stereocenters. The highest BCUT2D eigenvalue weighted by atomic mass is 35.5. The van der Waals surface area contributed by atoms with Gasteiger partial charge in [-0.2, -0.15) is 0 Å². The van der Waals surface area contributed by atoms with Crippen molar-refractivity contribution in [3.8, 4) is 11.5 Å². The van der Waals surface area contributed by atoms with Crippen LogP contribution in [0.5, 0.6) is 11.5 Å². The van der Waals surface area contributed by atoms with Gasteiger partial charge in [-0.25, -0.2) is 0 Å². The summed E-state index contributed by atoms with van der Waals surface area (Å²) in [5, 5.41) is 0.620.